The van der Waals surface area contributed by atoms with Crippen molar-refractivity contribution in [2.24, 2.45) is 23.2 Å². The van der Waals surface area contributed by atoms with Crippen LogP contribution in [-0.4, -0.2) is 24.0 Å². The maximum atomic E-state index is 13.3. The van der Waals surface area contributed by atoms with Crippen LogP contribution >= 0.6 is 11.6 Å². The molecule has 1 unspecified atom stereocenters. The highest BCUT2D eigenvalue weighted by atomic mass is 35.5. The van der Waals surface area contributed by atoms with E-state index in [2.05, 4.69) is 27.7 Å². The first-order chi connectivity index (χ1) is 18.3. The number of nitro benzene ring substituents is 1. The van der Waals surface area contributed by atoms with Gasteiger partial charge in [-0.05, 0) is 72.3 Å². The van der Waals surface area contributed by atoms with Gasteiger partial charge in [-0.3, -0.25) is 19.7 Å². The number of rotatable bonds is 11. The fourth-order valence-electron chi connectivity index (χ4n) is 5.60. The lowest BCUT2D eigenvalue weighted by atomic mass is 9.57. The molecule has 0 aliphatic heterocycles. The molecule has 1 aliphatic rings. The Labute approximate surface area is 236 Å². The third-order valence-corrected chi connectivity index (χ3v) is 8.46. The number of carbonyl (C=O) groups is 2. The van der Waals surface area contributed by atoms with E-state index >= 15 is 0 Å². The number of carbonyl (C=O) groups excluding carboxylic acids is 2. The second-order valence-corrected chi connectivity index (χ2v) is 12.6. The van der Waals surface area contributed by atoms with Crippen molar-refractivity contribution in [2.75, 3.05) is 7.11 Å². The van der Waals surface area contributed by atoms with E-state index in [0.29, 0.717) is 10.9 Å². The van der Waals surface area contributed by atoms with E-state index in [9.17, 15) is 19.7 Å². The van der Waals surface area contributed by atoms with Crippen LogP contribution in [-0.2, 0) is 26.2 Å². The summed E-state index contributed by atoms with van der Waals surface area (Å²) in [6.45, 7) is 10.6. The minimum Gasteiger partial charge on any atom is -0.469 e. The lowest BCUT2D eigenvalue weighted by molar-refractivity contribution is -0.384. The number of nitro groups is 1. The molecule has 0 radical (unpaired) electrons. The highest BCUT2D eigenvalue weighted by molar-refractivity contribution is 6.31. The molecule has 39 heavy (non-hydrogen) atoms. The van der Waals surface area contributed by atoms with E-state index in [0.717, 1.165) is 43.2 Å². The predicted octanol–water partition coefficient (Wildman–Crippen LogP) is 7.71. The van der Waals surface area contributed by atoms with Gasteiger partial charge >= 0.3 is 11.9 Å². The van der Waals surface area contributed by atoms with E-state index in [1.54, 1.807) is 0 Å². The largest absolute Gasteiger partial charge is 0.469 e. The van der Waals surface area contributed by atoms with E-state index < -0.39 is 22.2 Å². The molecule has 1 fully saturated rings. The second kappa shape index (κ2) is 12.5. The summed E-state index contributed by atoms with van der Waals surface area (Å²) in [5, 5.41) is 11.6. The van der Waals surface area contributed by atoms with Crippen molar-refractivity contribution in [3.05, 3.63) is 68.7 Å². The number of halogens is 1. The van der Waals surface area contributed by atoms with Gasteiger partial charge in [-0.15, -0.1) is 0 Å². The molecule has 0 heterocycles. The Morgan fingerprint density at radius 3 is 2.26 bits per heavy atom. The SMILES string of the molecule is CCC1CC(C(C(=O)OC)[C@@](C)(CC(=O)Oc2ccc([N+](=O)[O-])cc2)c2ccc(CCC(C)(C)C)c(Cl)c2)C1. The van der Waals surface area contributed by atoms with Crippen molar-refractivity contribution < 1.29 is 24.0 Å². The first-order valence-electron chi connectivity index (χ1n) is 13.6. The summed E-state index contributed by atoms with van der Waals surface area (Å²) < 4.78 is 10.9. The van der Waals surface area contributed by atoms with Crippen molar-refractivity contribution >= 4 is 29.2 Å². The number of non-ortho nitro benzene ring substituents is 1. The highest BCUT2D eigenvalue weighted by Gasteiger charge is 2.51. The summed E-state index contributed by atoms with van der Waals surface area (Å²) in [6, 6.07) is 11.2. The molecule has 212 valence electrons. The van der Waals surface area contributed by atoms with Gasteiger partial charge in [0.1, 0.15) is 5.75 Å². The summed E-state index contributed by atoms with van der Waals surface area (Å²) in [5.74, 6) is -0.646. The van der Waals surface area contributed by atoms with Crippen LogP contribution in [0.3, 0.4) is 0 Å². The highest BCUT2D eigenvalue weighted by Crippen LogP contribution is 2.50. The van der Waals surface area contributed by atoms with Crippen molar-refractivity contribution in [1.29, 1.82) is 0 Å². The fraction of sp³-hybridized carbons (Fsp3) is 0.548. The number of hydrogen-bond donors (Lipinski definition) is 0. The monoisotopic (exact) mass is 557 g/mol. The lowest BCUT2D eigenvalue weighted by Gasteiger charge is -2.46. The van der Waals surface area contributed by atoms with Crippen LogP contribution in [0.15, 0.2) is 42.5 Å². The molecule has 0 aromatic heterocycles. The smallest absolute Gasteiger partial charge is 0.312 e. The first kappa shape index (κ1) is 30.6. The molecule has 0 spiro atoms. The molecule has 0 bridgehead atoms. The van der Waals surface area contributed by atoms with E-state index in [1.807, 2.05) is 25.1 Å². The first-order valence-corrected chi connectivity index (χ1v) is 14.0. The van der Waals surface area contributed by atoms with Crippen LogP contribution in [0, 0.1) is 33.3 Å². The van der Waals surface area contributed by atoms with E-state index in [4.69, 9.17) is 21.1 Å². The second-order valence-electron chi connectivity index (χ2n) is 12.2. The van der Waals surface area contributed by atoms with Crippen LogP contribution in [0.1, 0.15) is 77.8 Å². The number of benzene rings is 2. The average molecular weight is 558 g/mol. The maximum absolute atomic E-state index is 13.3. The molecule has 0 saturated heterocycles. The van der Waals surface area contributed by atoms with Crippen LogP contribution < -0.4 is 4.74 Å². The van der Waals surface area contributed by atoms with Gasteiger partial charge in [0.05, 0.1) is 24.4 Å². The topological polar surface area (TPSA) is 95.7 Å². The van der Waals surface area contributed by atoms with Gasteiger partial charge in [0.25, 0.3) is 5.69 Å². The normalized spacial score (nSPS) is 19.4. The van der Waals surface area contributed by atoms with E-state index in [1.165, 1.54) is 31.4 Å². The minimum atomic E-state index is -0.944. The molecule has 1 aliphatic carbocycles. The maximum Gasteiger partial charge on any atom is 0.312 e. The minimum absolute atomic E-state index is 0.0684. The number of nitrogens with zero attached hydrogens (tertiary/aromatic N) is 1. The van der Waals surface area contributed by atoms with Crippen molar-refractivity contribution in [3.8, 4) is 5.75 Å². The van der Waals surface area contributed by atoms with E-state index in [-0.39, 0.29) is 35.2 Å². The zero-order valence-corrected chi connectivity index (χ0v) is 24.5. The molecule has 7 nitrogen and oxygen atoms in total. The van der Waals surface area contributed by atoms with Crippen molar-refractivity contribution in [1.82, 2.24) is 0 Å². The van der Waals surface area contributed by atoms with Gasteiger partial charge in [-0.25, -0.2) is 0 Å². The third kappa shape index (κ3) is 7.59. The van der Waals surface area contributed by atoms with Crippen LogP contribution in [0.5, 0.6) is 5.75 Å². The molecule has 8 heteroatoms. The number of aryl methyl sites for hydroxylation is 1. The molecule has 0 N–H and O–H groups in total. The summed E-state index contributed by atoms with van der Waals surface area (Å²) in [4.78, 5) is 37.1. The lowest BCUT2D eigenvalue weighted by Crippen LogP contribution is -2.48. The molecule has 3 rings (SSSR count). The Hall–Kier alpha value is -2.93. The summed E-state index contributed by atoms with van der Waals surface area (Å²) in [7, 11) is 1.38. The van der Waals surface area contributed by atoms with Crippen molar-refractivity contribution in [2.45, 2.75) is 78.6 Å². The Balaban J connectivity index is 1.96. The Bertz CT molecular complexity index is 1180. The van der Waals surface area contributed by atoms with Gasteiger partial charge in [-0.1, -0.05) is 64.8 Å². The summed E-state index contributed by atoms with van der Waals surface area (Å²) in [5.41, 5.74) is 0.926. The summed E-state index contributed by atoms with van der Waals surface area (Å²) >= 11 is 6.77. The predicted molar refractivity (Wildman–Crippen MR) is 152 cm³/mol. The number of hydrogen-bond acceptors (Lipinski definition) is 6. The Morgan fingerprint density at radius 2 is 1.74 bits per heavy atom. The number of esters is 2. The number of methoxy groups -OCH3 is 1. The molecule has 2 aromatic carbocycles. The van der Waals surface area contributed by atoms with Crippen LogP contribution in [0.4, 0.5) is 5.69 Å². The standard InChI is InChI=1S/C31H40ClNO6/c1-7-20-16-22(17-20)28(29(35)38-6)31(5,19-27(34)39-25-12-10-24(11-13-25)33(36)37)23-9-8-21(26(32)18-23)14-15-30(2,3)4/h8-13,18,20,22,28H,7,14-17,19H2,1-6H3/t20?,22?,28?,31-/m0/s1. The van der Waals surface area contributed by atoms with Gasteiger partial charge < -0.3 is 9.47 Å². The van der Waals surface area contributed by atoms with Gasteiger partial charge in [0.2, 0.25) is 0 Å². The average Bonchev–Trinajstić information content (AvgIpc) is 2.84. The molecule has 2 aromatic rings. The Kier molecular flexibility index (Phi) is 9.81. The zero-order chi connectivity index (χ0) is 29.0. The zero-order valence-electron chi connectivity index (χ0n) is 23.8. The Morgan fingerprint density at radius 1 is 1.10 bits per heavy atom. The number of ether oxygens (including phenoxy) is 2. The van der Waals surface area contributed by atoms with Crippen LogP contribution in [0.2, 0.25) is 5.02 Å². The van der Waals surface area contributed by atoms with Crippen LogP contribution in [0.25, 0.3) is 0 Å². The molecule has 0 amide bonds. The fourth-order valence-corrected chi connectivity index (χ4v) is 5.88. The molecular formula is C31H40ClNO6. The molecule has 2 atom stereocenters. The molecular weight excluding hydrogens is 518 g/mol. The van der Waals surface area contributed by atoms with Gasteiger partial charge in [0, 0.05) is 22.6 Å². The third-order valence-electron chi connectivity index (χ3n) is 8.11. The van der Waals surface area contributed by atoms with Crippen molar-refractivity contribution in [3.63, 3.8) is 0 Å². The van der Waals surface area contributed by atoms with Gasteiger partial charge in [-0.2, -0.15) is 0 Å². The quantitative estimate of drug-likeness (QED) is 0.121. The molecule has 1 saturated carbocycles. The summed E-state index contributed by atoms with van der Waals surface area (Å²) in [6.07, 6.45) is 4.52. The van der Waals surface area contributed by atoms with Gasteiger partial charge in [0.15, 0.2) is 0 Å².